The number of hydrogen-bond donors (Lipinski definition) is 0. The zero-order valence-corrected chi connectivity index (χ0v) is 9.74. The molecule has 1 atom stereocenters. The Morgan fingerprint density at radius 2 is 2.38 bits per heavy atom. The molecule has 0 N–H and O–H groups in total. The van der Waals surface area contributed by atoms with E-state index in [2.05, 4.69) is 4.98 Å². The second-order valence-corrected chi connectivity index (χ2v) is 5.41. The molecule has 0 bridgehead atoms. The van der Waals surface area contributed by atoms with Crippen molar-refractivity contribution < 1.29 is 17.0 Å². The van der Waals surface area contributed by atoms with Crippen molar-refractivity contribution >= 4 is 10.1 Å². The van der Waals surface area contributed by atoms with Crippen LogP contribution in [0.2, 0.25) is 0 Å². The zero-order chi connectivity index (χ0) is 11.6. The Morgan fingerprint density at radius 3 is 2.88 bits per heavy atom. The minimum Gasteiger partial charge on any atom is -0.445 e. The van der Waals surface area contributed by atoms with E-state index in [1.807, 2.05) is 6.08 Å². The average Bonchev–Trinajstić information content (AvgIpc) is 2.69. The second-order valence-electron chi connectivity index (χ2n) is 3.84. The Hall–Kier alpha value is -1.14. The number of nitrogens with zero attached hydrogens (tertiary/aromatic N) is 1. The molecule has 0 saturated heterocycles. The highest BCUT2D eigenvalue weighted by molar-refractivity contribution is 7.86. The Bertz CT molecular complexity index is 477. The lowest BCUT2D eigenvalue weighted by Gasteiger charge is -2.29. The van der Waals surface area contributed by atoms with E-state index in [1.165, 1.54) is 12.6 Å². The van der Waals surface area contributed by atoms with Crippen LogP contribution in [0.3, 0.4) is 0 Å². The van der Waals surface area contributed by atoms with Gasteiger partial charge in [-0.1, -0.05) is 6.08 Å². The van der Waals surface area contributed by atoms with Crippen LogP contribution in [-0.4, -0.2) is 19.7 Å². The zero-order valence-electron chi connectivity index (χ0n) is 8.92. The van der Waals surface area contributed by atoms with E-state index < -0.39 is 15.7 Å². The first-order chi connectivity index (χ1) is 7.52. The molecule has 88 valence electrons. The standard InChI is InChI=1S/C10H13NO4S/c1-16(12,13)15-10(5-3-2-4-6-10)9-7-11-8-14-9/h3,5,7-8H,2,4,6H2,1H3. The highest BCUT2D eigenvalue weighted by Gasteiger charge is 2.38. The maximum atomic E-state index is 11.3. The highest BCUT2D eigenvalue weighted by atomic mass is 32.2. The summed E-state index contributed by atoms with van der Waals surface area (Å²) in [5.74, 6) is 0.425. The fourth-order valence-electron chi connectivity index (χ4n) is 1.85. The van der Waals surface area contributed by atoms with Crippen molar-refractivity contribution in [3.8, 4) is 0 Å². The number of oxazole rings is 1. The van der Waals surface area contributed by atoms with Crippen LogP contribution >= 0.6 is 0 Å². The summed E-state index contributed by atoms with van der Waals surface area (Å²) in [7, 11) is -3.55. The topological polar surface area (TPSA) is 69.4 Å². The maximum absolute atomic E-state index is 11.3. The summed E-state index contributed by atoms with van der Waals surface area (Å²) >= 11 is 0. The summed E-state index contributed by atoms with van der Waals surface area (Å²) in [5.41, 5.74) is -1.01. The van der Waals surface area contributed by atoms with E-state index in [0.717, 1.165) is 19.1 Å². The molecule has 1 aromatic heterocycles. The molecular formula is C10H13NO4S. The van der Waals surface area contributed by atoms with Gasteiger partial charge in [0, 0.05) is 0 Å². The third-order valence-electron chi connectivity index (χ3n) is 2.46. The van der Waals surface area contributed by atoms with Crippen LogP contribution in [0.4, 0.5) is 0 Å². The van der Waals surface area contributed by atoms with Crippen LogP contribution < -0.4 is 0 Å². The molecule has 6 heteroatoms. The van der Waals surface area contributed by atoms with Crippen molar-refractivity contribution in [2.24, 2.45) is 0 Å². The molecular weight excluding hydrogens is 230 g/mol. The van der Waals surface area contributed by atoms with E-state index >= 15 is 0 Å². The van der Waals surface area contributed by atoms with E-state index in [4.69, 9.17) is 8.60 Å². The Labute approximate surface area is 94.3 Å². The maximum Gasteiger partial charge on any atom is 0.265 e. The Morgan fingerprint density at radius 1 is 1.56 bits per heavy atom. The van der Waals surface area contributed by atoms with Crippen molar-refractivity contribution in [3.63, 3.8) is 0 Å². The second kappa shape index (κ2) is 4.03. The summed E-state index contributed by atoms with van der Waals surface area (Å²) in [6, 6.07) is 0. The largest absolute Gasteiger partial charge is 0.445 e. The van der Waals surface area contributed by atoms with E-state index in [0.29, 0.717) is 12.2 Å². The third-order valence-corrected chi connectivity index (χ3v) is 3.06. The molecule has 1 aliphatic rings. The van der Waals surface area contributed by atoms with Gasteiger partial charge in [-0.2, -0.15) is 8.42 Å². The Kier molecular flexibility index (Phi) is 2.86. The molecule has 0 aliphatic heterocycles. The average molecular weight is 243 g/mol. The predicted molar refractivity (Wildman–Crippen MR) is 57.1 cm³/mol. The van der Waals surface area contributed by atoms with Crippen LogP contribution in [0.5, 0.6) is 0 Å². The summed E-state index contributed by atoms with van der Waals surface area (Å²) < 4.78 is 32.9. The van der Waals surface area contributed by atoms with Gasteiger partial charge in [-0.15, -0.1) is 0 Å². The number of hydrogen-bond acceptors (Lipinski definition) is 5. The van der Waals surface area contributed by atoms with Gasteiger partial charge in [-0.05, 0) is 25.3 Å². The lowest BCUT2D eigenvalue weighted by molar-refractivity contribution is 0.0856. The SMILES string of the molecule is CS(=O)(=O)OC1(c2cnco2)C=CCCC1. The summed E-state index contributed by atoms with van der Waals surface area (Å²) in [5, 5.41) is 0. The smallest absolute Gasteiger partial charge is 0.265 e. The first-order valence-corrected chi connectivity index (χ1v) is 6.81. The summed E-state index contributed by atoms with van der Waals surface area (Å²) in [4.78, 5) is 3.80. The summed E-state index contributed by atoms with van der Waals surface area (Å²) in [6.07, 6.45) is 9.77. The molecule has 1 aromatic rings. The monoisotopic (exact) mass is 243 g/mol. The minimum atomic E-state index is -3.55. The molecule has 16 heavy (non-hydrogen) atoms. The van der Waals surface area contributed by atoms with Crippen LogP contribution in [0.15, 0.2) is 29.2 Å². The lowest BCUT2D eigenvalue weighted by Crippen LogP contribution is -2.31. The van der Waals surface area contributed by atoms with Crippen LogP contribution in [0.1, 0.15) is 25.0 Å². The number of rotatable bonds is 3. The van der Waals surface area contributed by atoms with Crippen molar-refractivity contribution in [1.29, 1.82) is 0 Å². The van der Waals surface area contributed by atoms with E-state index in [1.54, 1.807) is 6.08 Å². The fourth-order valence-corrected chi connectivity index (χ4v) is 2.61. The van der Waals surface area contributed by atoms with Crippen molar-refractivity contribution in [2.45, 2.75) is 24.9 Å². The van der Waals surface area contributed by atoms with E-state index in [-0.39, 0.29) is 0 Å². The van der Waals surface area contributed by atoms with E-state index in [9.17, 15) is 8.42 Å². The molecule has 0 radical (unpaired) electrons. The fraction of sp³-hybridized carbons (Fsp3) is 0.500. The highest BCUT2D eigenvalue weighted by Crippen LogP contribution is 2.37. The molecule has 0 saturated carbocycles. The predicted octanol–water partition coefficient (Wildman–Crippen LogP) is 1.59. The van der Waals surface area contributed by atoms with Crippen LogP contribution in [-0.2, 0) is 19.9 Å². The first kappa shape index (κ1) is 11.3. The van der Waals surface area contributed by atoms with Crippen molar-refractivity contribution in [1.82, 2.24) is 4.98 Å². The van der Waals surface area contributed by atoms with Gasteiger partial charge < -0.3 is 4.42 Å². The normalized spacial score (nSPS) is 25.8. The third kappa shape index (κ3) is 2.33. The van der Waals surface area contributed by atoms with Gasteiger partial charge in [0.05, 0.1) is 12.5 Å². The first-order valence-electron chi connectivity index (χ1n) is 4.99. The van der Waals surface area contributed by atoms with Gasteiger partial charge in [-0.25, -0.2) is 4.98 Å². The molecule has 2 rings (SSSR count). The Balaban J connectivity index is 2.41. The number of allylic oxidation sites excluding steroid dienone is 1. The van der Waals surface area contributed by atoms with Gasteiger partial charge >= 0.3 is 0 Å². The van der Waals surface area contributed by atoms with Crippen LogP contribution in [0.25, 0.3) is 0 Å². The molecule has 0 aromatic carbocycles. The van der Waals surface area contributed by atoms with Crippen molar-refractivity contribution in [3.05, 3.63) is 30.5 Å². The van der Waals surface area contributed by atoms with Gasteiger partial charge in [0.25, 0.3) is 10.1 Å². The molecule has 1 heterocycles. The van der Waals surface area contributed by atoms with Gasteiger partial charge in [0.15, 0.2) is 17.8 Å². The van der Waals surface area contributed by atoms with Crippen LogP contribution in [0, 0.1) is 0 Å². The van der Waals surface area contributed by atoms with Gasteiger partial charge in [-0.3, -0.25) is 4.18 Å². The quantitative estimate of drug-likeness (QED) is 0.595. The molecule has 0 amide bonds. The van der Waals surface area contributed by atoms with Gasteiger partial charge in [0.1, 0.15) is 0 Å². The molecule has 0 fully saturated rings. The molecule has 5 nitrogen and oxygen atoms in total. The molecule has 1 unspecified atom stereocenters. The molecule has 1 aliphatic carbocycles. The number of aromatic nitrogens is 1. The minimum absolute atomic E-state index is 0.425. The molecule has 0 spiro atoms. The lowest BCUT2D eigenvalue weighted by atomic mass is 9.89. The van der Waals surface area contributed by atoms with Crippen molar-refractivity contribution in [2.75, 3.05) is 6.26 Å². The van der Waals surface area contributed by atoms with Gasteiger partial charge in [0.2, 0.25) is 0 Å². The summed E-state index contributed by atoms with van der Waals surface area (Å²) in [6.45, 7) is 0.